The van der Waals surface area contributed by atoms with Crippen LogP contribution in [-0.4, -0.2) is 17.8 Å². The van der Waals surface area contributed by atoms with Crippen molar-refractivity contribution >= 4 is 28.9 Å². The Morgan fingerprint density at radius 2 is 1.76 bits per heavy atom. The maximum Gasteiger partial charge on any atom is 0.416 e. The first kappa shape index (κ1) is 24.6. The Morgan fingerprint density at radius 1 is 1.03 bits per heavy atom. The highest BCUT2D eigenvalue weighted by Crippen LogP contribution is 2.37. The molecule has 0 saturated heterocycles. The van der Waals surface area contributed by atoms with Gasteiger partial charge in [-0.05, 0) is 61.2 Å². The van der Waals surface area contributed by atoms with Crippen LogP contribution in [0.15, 0.2) is 60.7 Å². The van der Waals surface area contributed by atoms with E-state index in [2.05, 4.69) is 0 Å². The lowest BCUT2D eigenvalue weighted by Gasteiger charge is -2.28. The number of hydrogen-bond acceptors (Lipinski definition) is 3. The molecule has 4 rings (SSSR count). The zero-order valence-electron chi connectivity index (χ0n) is 17.8. The summed E-state index contributed by atoms with van der Waals surface area (Å²) in [6, 6.07) is 14.0. The number of hydrogen-bond donors (Lipinski definition) is 1. The van der Waals surface area contributed by atoms with Crippen LogP contribution in [0.3, 0.4) is 0 Å². The number of alkyl halides is 3. The molecule has 1 N–H and O–H groups in total. The van der Waals surface area contributed by atoms with Gasteiger partial charge in [-0.1, -0.05) is 35.3 Å². The van der Waals surface area contributed by atoms with Gasteiger partial charge >= 0.3 is 6.18 Å². The number of halogens is 6. The molecule has 1 saturated carbocycles. The van der Waals surface area contributed by atoms with Gasteiger partial charge < -0.3 is 14.7 Å². The number of anilines is 1. The fourth-order valence-corrected chi connectivity index (χ4v) is 3.96. The molecule has 0 radical (unpaired) electrons. The Labute approximate surface area is 204 Å². The van der Waals surface area contributed by atoms with Crippen LogP contribution in [0, 0.1) is 11.7 Å². The van der Waals surface area contributed by atoms with Gasteiger partial charge in [0.2, 0.25) is 0 Å². The number of ether oxygens (including phenoxy) is 1. The monoisotopic (exact) mass is 513 g/mol. The lowest BCUT2D eigenvalue weighted by molar-refractivity contribution is -0.137. The Morgan fingerprint density at radius 3 is 2.47 bits per heavy atom. The molecule has 1 atom stereocenters. The number of nitrogens with zero attached hydrogens (tertiary/aromatic N) is 1. The van der Waals surface area contributed by atoms with E-state index in [1.807, 2.05) is 0 Å². The van der Waals surface area contributed by atoms with Crippen molar-refractivity contribution in [3.8, 4) is 11.5 Å². The van der Waals surface area contributed by atoms with Gasteiger partial charge in [0.15, 0.2) is 0 Å². The third kappa shape index (κ3) is 5.95. The summed E-state index contributed by atoms with van der Waals surface area (Å²) in [5.74, 6) is 0.104. The third-order valence-corrected chi connectivity index (χ3v) is 6.44. The molecule has 3 aromatic rings. The van der Waals surface area contributed by atoms with Gasteiger partial charge in [-0.3, -0.25) is 0 Å². The van der Waals surface area contributed by atoms with Crippen molar-refractivity contribution in [3.63, 3.8) is 0 Å². The molecular formula is C25H21Cl2F4NO2. The molecule has 180 valence electrons. The number of benzene rings is 3. The van der Waals surface area contributed by atoms with E-state index < -0.39 is 23.7 Å². The van der Waals surface area contributed by atoms with E-state index >= 15 is 0 Å². The molecule has 0 amide bonds. The average molecular weight is 514 g/mol. The first-order valence-electron chi connectivity index (χ1n) is 10.6. The minimum atomic E-state index is -4.59. The molecule has 3 nitrogen and oxygen atoms in total. The minimum absolute atomic E-state index is 0.123. The molecular weight excluding hydrogens is 493 g/mol. The van der Waals surface area contributed by atoms with Crippen LogP contribution in [-0.2, 0) is 12.7 Å². The molecule has 3 aromatic carbocycles. The van der Waals surface area contributed by atoms with Crippen LogP contribution in [0.25, 0.3) is 0 Å². The summed E-state index contributed by atoms with van der Waals surface area (Å²) < 4.78 is 59.9. The maximum absolute atomic E-state index is 14.5. The molecule has 1 fully saturated rings. The zero-order chi connectivity index (χ0) is 24.5. The highest BCUT2D eigenvalue weighted by molar-refractivity contribution is 6.42. The van der Waals surface area contributed by atoms with Crippen LogP contribution in [0.2, 0.25) is 10.0 Å². The Kier molecular flexibility index (Phi) is 7.26. The predicted molar refractivity (Wildman–Crippen MR) is 124 cm³/mol. The Hall–Kier alpha value is -2.48. The lowest BCUT2D eigenvalue weighted by Crippen LogP contribution is -2.33. The summed E-state index contributed by atoms with van der Waals surface area (Å²) >= 11 is 12.2. The van der Waals surface area contributed by atoms with Crippen LogP contribution < -0.4 is 9.64 Å². The topological polar surface area (TPSA) is 32.7 Å². The largest absolute Gasteiger partial charge is 0.456 e. The van der Waals surface area contributed by atoms with Gasteiger partial charge in [0.25, 0.3) is 0 Å². The van der Waals surface area contributed by atoms with Crippen molar-refractivity contribution in [1.82, 2.24) is 0 Å². The van der Waals surface area contributed by atoms with E-state index in [0.717, 1.165) is 25.0 Å². The predicted octanol–water partition coefficient (Wildman–Crippen LogP) is 7.72. The van der Waals surface area contributed by atoms with E-state index in [1.165, 1.54) is 0 Å². The minimum Gasteiger partial charge on any atom is -0.456 e. The standard InChI is InChI=1S/C25H21Cl2F4NO2/c26-20-5-2-6-23(24(20)27)34-19-4-1-3-18(12-19)32(14-22(33)15-7-8-15)13-16-11-17(25(29,30)31)9-10-21(16)28/h1-6,9-12,15,22,33H,7-8,13-14H2. The van der Waals surface area contributed by atoms with E-state index in [1.54, 1.807) is 47.4 Å². The van der Waals surface area contributed by atoms with Crippen molar-refractivity contribution in [1.29, 1.82) is 0 Å². The van der Waals surface area contributed by atoms with Crippen molar-refractivity contribution in [3.05, 3.63) is 87.7 Å². The summed E-state index contributed by atoms with van der Waals surface area (Å²) in [6.07, 6.45) is -3.53. The first-order chi connectivity index (χ1) is 16.1. The number of aliphatic hydroxyl groups excluding tert-OH is 1. The SMILES string of the molecule is OC(CN(Cc1cc(C(F)(F)F)ccc1F)c1cccc(Oc2cccc(Cl)c2Cl)c1)C1CC1. The van der Waals surface area contributed by atoms with E-state index in [9.17, 15) is 22.7 Å². The van der Waals surface area contributed by atoms with Crippen LogP contribution >= 0.6 is 23.2 Å². The summed E-state index contributed by atoms with van der Waals surface area (Å²) in [5.41, 5.74) is -0.506. The fourth-order valence-electron chi connectivity index (χ4n) is 3.63. The molecule has 0 aromatic heterocycles. The van der Waals surface area contributed by atoms with Gasteiger partial charge in [-0.25, -0.2) is 4.39 Å². The smallest absolute Gasteiger partial charge is 0.416 e. The molecule has 0 aliphatic heterocycles. The zero-order valence-corrected chi connectivity index (χ0v) is 19.3. The molecule has 0 bridgehead atoms. The van der Waals surface area contributed by atoms with Crippen LogP contribution in [0.1, 0.15) is 24.0 Å². The molecule has 34 heavy (non-hydrogen) atoms. The summed E-state index contributed by atoms with van der Waals surface area (Å²) in [7, 11) is 0. The average Bonchev–Trinajstić information content (AvgIpc) is 3.63. The summed E-state index contributed by atoms with van der Waals surface area (Å²) in [6.45, 7) is -0.0391. The second-order valence-electron chi connectivity index (χ2n) is 8.24. The summed E-state index contributed by atoms with van der Waals surface area (Å²) in [5, 5.41) is 11.1. The molecule has 0 heterocycles. The molecule has 0 spiro atoms. The van der Waals surface area contributed by atoms with Gasteiger partial charge in [0.1, 0.15) is 22.3 Å². The van der Waals surface area contributed by atoms with Gasteiger partial charge in [0.05, 0.1) is 16.7 Å². The molecule has 1 aliphatic carbocycles. The van der Waals surface area contributed by atoms with Crippen LogP contribution in [0.5, 0.6) is 11.5 Å². The summed E-state index contributed by atoms with van der Waals surface area (Å²) in [4.78, 5) is 1.65. The van der Waals surface area contributed by atoms with Crippen molar-refractivity contribution in [2.24, 2.45) is 5.92 Å². The maximum atomic E-state index is 14.5. The normalized spacial score (nSPS) is 14.7. The molecule has 1 unspecified atom stereocenters. The van der Waals surface area contributed by atoms with E-state index in [0.29, 0.717) is 28.3 Å². The van der Waals surface area contributed by atoms with E-state index in [4.69, 9.17) is 27.9 Å². The Bertz CT molecular complexity index is 1170. The van der Waals surface area contributed by atoms with Crippen molar-refractivity contribution < 1.29 is 27.4 Å². The lowest BCUT2D eigenvalue weighted by atomic mass is 10.1. The second-order valence-corrected chi connectivity index (χ2v) is 9.03. The fraction of sp³-hybridized carbons (Fsp3) is 0.280. The number of aliphatic hydroxyl groups is 1. The highest BCUT2D eigenvalue weighted by atomic mass is 35.5. The van der Waals surface area contributed by atoms with Gasteiger partial charge in [-0.15, -0.1) is 0 Å². The van der Waals surface area contributed by atoms with Gasteiger partial charge in [0, 0.05) is 30.4 Å². The van der Waals surface area contributed by atoms with Gasteiger partial charge in [-0.2, -0.15) is 13.2 Å². The number of rotatable bonds is 8. The third-order valence-electron chi connectivity index (χ3n) is 5.63. The van der Waals surface area contributed by atoms with Crippen LogP contribution in [0.4, 0.5) is 23.2 Å². The van der Waals surface area contributed by atoms with Crippen molar-refractivity contribution in [2.75, 3.05) is 11.4 Å². The molecule has 1 aliphatic rings. The highest BCUT2D eigenvalue weighted by Gasteiger charge is 2.33. The second kappa shape index (κ2) is 10.0. The quantitative estimate of drug-likeness (QED) is 0.313. The first-order valence-corrected chi connectivity index (χ1v) is 11.4. The Balaban J connectivity index is 1.64. The van der Waals surface area contributed by atoms with Crippen molar-refractivity contribution in [2.45, 2.75) is 31.7 Å². The van der Waals surface area contributed by atoms with E-state index in [-0.39, 0.29) is 29.6 Å². The molecule has 9 heteroatoms.